The van der Waals surface area contributed by atoms with Crippen LogP contribution in [0.4, 0.5) is 4.39 Å². The molecule has 0 saturated heterocycles. The summed E-state index contributed by atoms with van der Waals surface area (Å²) in [6, 6.07) is 6.68. The van der Waals surface area contributed by atoms with Gasteiger partial charge in [0.05, 0.1) is 25.4 Å². The second-order valence-electron chi connectivity index (χ2n) is 6.37. The lowest BCUT2D eigenvalue weighted by Crippen LogP contribution is -2.38. The van der Waals surface area contributed by atoms with Gasteiger partial charge < -0.3 is 15.4 Å². The molecule has 6 nitrogen and oxygen atoms in total. The lowest BCUT2D eigenvalue weighted by Gasteiger charge is -2.11. The molecule has 8 heteroatoms. The van der Waals surface area contributed by atoms with Crippen molar-refractivity contribution >= 4 is 29.9 Å². The van der Waals surface area contributed by atoms with Crippen LogP contribution in [0.2, 0.25) is 0 Å². The van der Waals surface area contributed by atoms with Crippen LogP contribution < -0.4 is 10.6 Å². The number of ether oxygens (including phenoxy) is 1. The largest absolute Gasteiger partial charge is 0.383 e. The molecule has 0 fully saturated rings. The van der Waals surface area contributed by atoms with Gasteiger partial charge in [0.25, 0.3) is 0 Å². The van der Waals surface area contributed by atoms with E-state index in [2.05, 4.69) is 27.6 Å². The van der Waals surface area contributed by atoms with Gasteiger partial charge in [0.2, 0.25) is 0 Å². The minimum atomic E-state index is -0.204. The summed E-state index contributed by atoms with van der Waals surface area (Å²) < 4.78 is 20.4. The topological polar surface area (TPSA) is 63.5 Å². The first-order valence-corrected chi connectivity index (χ1v) is 9.33. The molecule has 0 atom stereocenters. The molecule has 0 saturated carbocycles. The molecule has 0 aliphatic carbocycles. The molecular formula is C20H31FIN5O. The smallest absolute Gasteiger partial charge is 0.191 e. The highest BCUT2D eigenvalue weighted by atomic mass is 127. The zero-order valence-corrected chi connectivity index (χ0v) is 19.4. The van der Waals surface area contributed by atoms with E-state index < -0.39 is 0 Å². The molecule has 0 aliphatic heterocycles. The van der Waals surface area contributed by atoms with Gasteiger partial charge in [-0.3, -0.25) is 4.68 Å². The second kappa shape index (κ2) is 12.7. The summed E-state index contributed by atoms with van der Waals surface area (Å²) in [6.07, 6.45) is 0.731. The molecule has 28 heavy (non-hydrogen) atoms. The van der Waals surface area contributed by atoms with E-state index in [0.717, 1.165) is 48.0 Å². The van der Waals surface area contributed by atoms with Crippen LogP contribution in [0.15, 0.2) is 29.3 Å². The summed E-state index contributed by atoms with van der Waals surface area (Å²) in [5.41, 5.74) is 4.20. The Labute approximate surface area is 184 Å². The standard InChI is InChI=1S/C20H30FN5O.HI/c1-5-22-20(23-10-9-17-7-6-8-18(21)13-17)24-14-19-15(2)25-26(16(19)3)11-12-27-4;/h6-8,13H,5,9-12,14H2,1-4H3,(H2,22,23,24);1H. The van der Waals surface area contributed by atoms with Gasteiger partial charge in [-0.1, -0.05) is 12.1 Å². The number of halogens is 2. The maximum absolute atomic E-state index is 13.3. The number of aryl methyl sites for hydroxylation is 1. The Morgan fingerprint density at radius 2 is 2.07 bits per heavy atom. The molecule has 0 radical (unpaired) electrons. The van der Waals surface area contributed by atoms with E-state index in [9.17, 15) is 4.39 Å². The Hall–Kier alpha value is -1.68. The molecule has 1 heterocycles. The van der Waals surface area contributed by atoms with Crippen molar-refractivity contribution in [3.63, 3.8) is 0 Å². The average Bonchev–Trinajstić information content (AvgIpc) is 2.91. The molecule has 2 N–H and O–H groups in total. The number of hydrogen-bond donors (Lipinski definition) is 2. The summed E-state index contributed by atoms with van der Waals surface area (Å²) in [5, 5.41) is 11.1. The number of nitrogens with zero attached hydrogens (tertiary/aromatic N) is 3. The van der Waals surface area contributed by atoms with Crippen molar-refractivity contribution in [3.8, 4) is 0 Å². The number of guanidine groups is 1. The van der Waals surface area contributed by atoms with E-state index in [1.54, 1.807) is 19.2 Å². The molecule has 2 rings (SSSR count). The Morgan fingerprint density at radius 3 is 2.75 bits per heavy atom. The van der Waals surface area contributed by atoms with E-state index in [0.29, 0.717) is 19.7 Å². The summed E-state index contributed by atoms with van der Waals surface area (Å²) in [5.74, 6) is 0.543. The number of benzene rings is 1. The van der Waals surface area contributed by atoms with Gasteiger partial charge in [0.15, 0.2) is 5.96 Å². The van der Waals surface area contributed by atoms with E-state index in [1.807, 2.05) is 24.6 Å². The van der Waals surface area contributed by atoms with E-state index in [-0.39, 0.29) is 29.8 Å². The quantitative estimate of drug-likeness (QED) is 0.314. The van der Waals surface area contributed by atoms with E-state index in [1.165, 1.54) is 6.07 Å². The first kappa shape index (κ1) is 24.4. The maximum Gasteiger partial charge on any atom is 0.191 e. The van der Waals surface area contributed by atoms with Gasteiger partial charge in [0, 0.05) is 31.5 Å². The third-order valence-corrected chi connectivity index (χ3v) is 4.37. The number of aromatic nitrogens is 2. The number of methoxy groups -OCH3 is 1. The fraction of sp³-hybridized carbons (Fsp3) is 0.500. The second-order valence-corrected chi connectivity index (χ2v) is 6.37. The average molecular weight is 503 g/mol. The predicted molar refractivity (Wildman–Crippen MR) is 122 cm³/mol. The summed E-state index contributed by atoms with van der Waals surface area (Å²) in [6.45, 7) is 9.48. The fourth-order valence-electron chi connectivity index (χ4n) is 2.88. The summed E-state index contributed by atoms with van der Waals surface area (Å²) >= 11 is 0. The molecule has 0 unspecified atom stereocenters. The molecule has 2 aromatic rings. The van der Waals surface area contributed by atoms with Crippen molar-refractivity contribution in [3.05, 3.63) is 52.6 Å². The monoisotopic (exact) mass is 503 g/mol. The van der Waals surface area contributed by atoms with Gasteiger partial charge in [-0.05, 0) is 44.9 Å². The lowest BCUT2D eigenvalue weighted by molar-refractivity contribution is 0.182. The van der Waals surface area contributed by atoms with Gasteiger partial charge >= 0.3 is 0 Å². The van der Waals surface area contributed by atoms with Crippen molar-refractivity contribution in [1.82, 2.24) is 20.4 Å². The maximum atomic E-state index is 13.3. The summed E-state index contributed by atoms with van der Waals surface area (Å²) in [4.78, 5) is 4.68. The minimum absolute atomic E-state index is 0. The van der Waals surface area contributed by atoms with Crippen LogP contribution in [0, 0.1) is 19.7 Å². The van der Waals surface area contributed by atoms with Crippen molar-refractivity contribution < 1.29 is 9.13 Å². The number of hydrogen-bond acceptors (Lipinski definition) is 3. The van der Waals surface area contributed by atoms with Crippen LogP contribution in [0.1, 0.15) is 29.4 Å². The van der Waals surface area contributed by atoms with Crippen LogP contribution in [-0.2, 0) is 24.2 Å². The van der Waals surface area contributed by atoms with Gasteiger partial charge in [0.1, 0.15) is 5.82 Å². The zero-order chi connectivity index (χ0) is 19.6. The zero-order valence-electron chi connectivity index (χ0n) is 17.1. The van der Waals surface area contributed by atoms with Crippen molar-refractivity contribution in [1.29, 1.82) is 0 Å². The Kier molecular flexibility index (Phi) is 11.1. The van der Waals surface area contributed by atoms with Crippen LogP contribution in [0.3, 0.4) is 0 Å². The molecular weight excluding hydrogens is 472 g/mol. The molecule has 1 aromatic heterocycles. The van der Waals surface area contributed by atoms with Crippen molar-refractivity contribution in [2.75, 3.05) is 26.8 Å². The highest BCUT2D eigenvalue weighted by molar-refractivity contribution is 14.0. The van der Waals surface area contributed by atoms with Crippen LogP contribution in [0.25, 0.3) is 0 Å². The third-order valence-electron chi connectivity index (χ3n) is 4.37. The van der Waals surface area contributed by atoms with E-state index >= 15 is 0 Å². The van der Waals surface area contributed by atoms with E-state index in [4.69, 9.17) is 4.74 Å². The number of nitrogens with one attached hydrogen (secondary N) is 2. The first-order chi connectivity index (χ1) is 13.0. The van der Waals surface area contributed by atoms with Crippen LogP contribution in [0.5, 0.6) is 0 Å². The number of aliphatic imine (C=N–C) groups is 1. The fourth-order valence-corrected chi connectivity index (χ4v) is 2.88. The minimum Gasteiger partial charge on any atom is -0.383 e. The molecule has 1 aromatic carbocycles. The highest BCUT2D eigenvalue weighted by Gasteiger charge is 2.11. The summed E-state index contributed by atoms with van der Waals surface area (Å²) in [7, 11) is 1.69. The predicted octanol–water partition coefficient (Wildman–Crippen LogP) is 3.20. The Bertz CT molecular complexity index is 763. The van der Waals surface area contributed by atoms with Crippen molar-refractivity contribution in [2.24, 2.45) is 4.99 Å². The molecule has 0 bridgehead atoms. The van der Waals surface area contributed by atoms with Gasteiger partial charge in [-0.2, -0.15) is 5.10 Å². The molecule has 0 amide bonds. The first-order valence-electron chi connectivity index (χ1n) is 9.33. The van der Waals surface area contributed by atoms with Crippen LogP contribution >= 0.6 is 24.0 Å². The molecule has 156 valence electrons. The normalized spacial score (nSPS) is 11.2. The molecule has 0 aliphatic rings. The Morgan fingerprint density at radius 1 is 1.29 bits per heavy atom. The SMILES string of the molecule is CCNC(=NCc1c(C)nn(CCOC)c1C)NCCc1cccc(F)c1.I. The third kappa shape index (κ3) is 7.38. The van der Waals surface area contributed by atoms with Crippen LogP contribution in [-0.4, -0.2) is 42.5 Å². The lowest BCUT2D eigenvalue weighted by atomic mass is 10.1. The van der Waals surface area contributed by atoms with Gasteiger partial charge in [-0.15, -0.1) is 24.0 Å². The molecule has 0 spiro atoms. The number of rotatable bonds is 9. The Balaban J connectivity index is 0.00000392. The van der Waals surface area contributed by atoms with Crippen molar-refractivity contribution in [2.45, 2.75) is 40.3 Å². The highest BCUT2D eigenvalue weighted by Crippen LogP contribution is 2.14. The van der Waals surface area contributed by atoms with Gasteiger partial charge in [-0.25, -0.2) is 9.38 Å².